The van der Waals surface area contributed by atoms with Gasteiger partial charge in [0.15, 0.2) is 0 Å². The van der Waals surface area contributed by atoms with Crippen molar-refractivity contribution in [1.29, 1.82) is 0 Å². The van der Waals surface area contributed by atoms with Gasteiger partial charge in [0.2, 0.25) is 6.29 Å². The summed E-state index contributed by atoms with van der Waals surface area (Å²) >= 11 is 0. The van der Waals surface area contributed by atoms with Crippen molar-refractivity contribution in [2.45, 2.75) is 30.9 Å². The third-order valence-electron chi connectivity index (χ3n) is 2.82. The Morgan fingerprint density at radius 2 is 1.68 bits per heavy atom. The molecule has 0 aliphatic heterocycles. The Morgan fingerprint density at radius 3 is 2.14 bits per heavy atom. The Hall–Kier alpha value is -1.58. The summed E-state index contributed by atoms with van der Waals surface area (Å²) in [5.74, 6) is 0. The maximum absolute atomic E-state index is 12.5. The van der Waals surface area contributed by atoms with Gasteiger partial charge in [-0.25, -0.2) is 0 Å². The zero-order valence-electron chi connectivity index (χ0n) is 10.9. The first-order valence-corrected chi connectivity index (χ1v) is 5.80. The van der Waals surface area contributed by atoms with Crippen molar-refractivity contribution in [3.05, 3.63) is 42.0 Å². The standard InChI is InChI=1S/C13H12F6O3/c1-2-8-4-3-5-9(6-8)7-22-10(20)11(21,12(14,15)16)13(17,18)19/h2-6,10,20-21H,1,7H2. The molecule has 124 valence electrons. The van der Waals surface area contributed by atoms with Crippen LogP contribution >= 0.6 is 0 Å². The van der Waals surface area contributed by atoms with E-state index in [1.165, 1.54) is 24.3 Å². The molecule has 0 radical (unpaired) electrons. The number of hydrogen-bond donors (Lipinski definition) is 2. The molecule has 0 bridgehead atoms. The first kappa shape index (κ1) is 18.5. The van der Waals surface area contributed by atoms with Crippen molar-refractivity contribution < 1.29 is 41.3 Å². The van der Waals surface area contributed by atoms with Crippen LogP contribution in [0.3, 0.4) is 0 Å². The summed E-state index contributed by atoms with van der Waals surface area (Å²) in [7, 11) is 0. The van der Waals surface area contributed by atoms with Gasteiger partial charge in [0.1, 0.15) is 0 Å². The minimum atomic E-state index is -6.16. The lowest BCUT2D eigenvalue weighted by Gasteiger charge is -2.35. The number of halogens is 6. The number of aliphatic hydroxyl groups is 2. The number of aliphatic hydroxyl groups excluding tert-OH is 1. The van der Waals surface area contributed by atoms with Crippen molar-refractivity contribution in [2.75, 3.05) is 0 Å². The number of alkyl halides is 6. The fourth-order valence-corrected chi connectivity index (χ4v) is 1.55. The minimum Gasteiger partial charge on any atom is -0.370 e. The number of ether oxygens (including phenoxy) is 1. The number of benzene rings is 1. The molecule has 0 fully saturated rings. The molecule has 1 rings (SSSR count). The molecule has 0 aromatic heterocycles. The van der Waals surface area contributed by atoms with Crippen molar-refractivity contribution in [3.8, 4) is 0 Å². The predicted molar refractivity (Wildman–Crippen MR) is 64.4 cm³/mol. The third kappa shape index (κ3) is 3.60. The van der Waals surface area contributed by atoms with Crippen molar-refractivity contribution in [2.24, 2.45) is 0 Å². The van der Waals surface area contributed by atoms with E-state index in [0.29, 0.717) is 5.56 Å². The highest BCUT2D eigenvalue weighted by Crippen LogP contribution is 2.45. The molecule has 0 aliphatic rings. The summed E-state index contributed by atoms with van der Waals surface area (Å²) in [6, 6.07) is 5.82. The zero-order chi connectivity index (χ0) is 17.2. The highest BCUT2D eigenvalue weighted by Gasteiger charge is 2.75. The highest BCUT2D eigenvalue weighted by molar-refractivity contribution is 5.47. The second kappa shape index (κ2) is 6.27. The normalized spacial score (nSPS) is 14.7. The van der Waals surface area contributed by atoms with Crippen LogP contribution < -0.4 is 0 Å². The van der Waals surface area contributed by atoms with Gasteiger partial charge in [0.25, 0.3) is 0 Å². The molecule has 0 amide bonds. The Kier molecular flexibility index (Phi) is 5.26. The highest BCUT2D eigenvalue weighted by atomic mass is 19.4. The summed E-state index contributed by atoms with van der Waals surface area (Å²) < 4.78 is 79.0. The predicted octanol–water partition coefficient (Wildman–Crippen LogP) is 3.02. The Labute approximate surface area is 121 Å². The van der Waals surface area contributed by atoms with Gasteiger partial charge in [0, 0.05) is 0 Å². The molecule has 3 nitrogen and oxygen atoms in total. The molecule has 0 saturated heterocycles. The van der Waals surface area contributed by atoms with E-state index in [2.05, 4.69) is 11.3 Å². The van der Waals surface area contributed by atoms with Crippen LogP contribution in [0, 0.1) is 0 Å². The van der Waals surface area contributed by atoms with Crippen molar-refractivity contribution in [1.82, 2.24) is 0 Å². The summed E-state index contributed by atoms with van der Waals surface area (Å²) in [6.07, 6.45) is -14.4. The van der Waals surface area contributed by atoms with E-state index in [4.69, 9.17) is 10.2 Å². The first-order valence-electron chi connectivity index (χ1n) is 5.80. The fourth-order valence-electron chi connectivity index (χ4n) is 1.55. The van der Waals surface area contributed by atoms with Gasteiger partial charge in [-0.05, 0) is 17.2 Å². The van der Waals surface area contributed by atoms with E-state index in [0.717, 1.165) is 0 Å². The smallest absolute Gasteiger partial charge is 0.370 e. The number of rotatable bonds is 5. The van der Waals surface area contributed by atoms with Crippen LogP contribution in [0.4, 0.5) is 26.3 Å². The van der Waals surface area contributed by atoms with E-state index in [1.54, 1.807) is 6.07 Å². The second-order valence-electron chi connectivity index (χ2n) is 4.37. The zero-order valence-corrected chi connectivity index (χ0v) is 10.9. The van der Waals surface area contributed by atoms with Gasteiger partial charge in [-0.1, -0.05) is 30.9 Å². The van der Waals surface area contributed by atoms with Crippen LogP contribution in [0.1, 0.15) is 11.1 Å². The van der Waals surface area contributed by atoms with Gasteiger partial charge >= 0.3 is 18.0 Å². The molecule has 0 aliphatic carbocycles. The summed E-state index contributed by atoms with van der Waals surface area (Å²) in [5.41, 5.74) is -4.63. The Balaban J connectivity index is 2.93. The average Bonchev–Trinajstić information content (AvgIpc) is 2.41. The maximum atomic E-state index is 12.5. The molecule has 1 aromatic carbocycles. The van der Waals surface area contributed by atoms with Crippen molar-refractivity contribution >= 4 is 6.08 Å². The van der Waals surface area contributed by atoms with E-state index in [1.807, 2.05) is 0 Å². The van der Waals surface area contributed by atoms with Crippen LogP contribution in [0.5, 0.6) is 0 Å². The van der Waals surface area contributed by atoms with Crippen LogP contribution in [0.25, 0.3) is 6.08 Å². The molecule has 0 spiro atoms. The van der Waals surface area contributed by atoms with E-state index >= 15 is 0 Å². The summed E-state index contributed by atoms with van der Waals surface area (Å²) in [6.45, 7) is 2.68. The number of hydrogen-bond acceptors (Lipinski definition) is 3. The van der Waals surface area contributed by atoms with Gasteiger partial charge in [-0.3, -0.25) is 0 Å². The van der Waals surface area contributed by atoms with Crippen LogP contribution in [-0.2, 0) is 11.3 Å². The van der Waals surface area contributed by atoms with E-state index in [9.17, 15) is 26.3 Å². The molecule has 2 N–H and O–H groups in total. The van der Waals surface area contributed by atoms with Crippen LogP contribution in [0.15, 0.2) is 30.8 Å². The largest absolute Gasteiger partial charge is 0.431 e. The Morgan fingerprint density at radius 1 is 1.14 bits per heavy atom. The lowest BCUT2D eigenvalue weighted by Crippen LogP contribution is -2.64. The molecule has 0 heterocycles. The lowest BCUT2D eigenvalue weighted by molar-refractivity contribution is -0.422. The van der Waals surface area contributed by atoms with E-state index < -0.39 is 30.9 Å². The van der Waals surface area contributed by atoms with Crippen molar-refractivity contribution in [3.63, 3.8) is 0 Å². The monoisotopic (exact) mass is 330 g/mol. The maximum Gasteiger partial charge on any atom is 0.431 e. The lowest BCUT2D eigenvalue weighted by atomic mass is 10.0. The fraction of sp³-hybridized carbons (Fsp3) is 0.385. The quantitative estimate of drug-likeness (QED) is 0.644. The SMILES string of the molecule is C=Cc1cccc(COC(O)C(O)(C(F)(F)F)C(F)(F)F)c1. The van der Waals surface area contributed by atoms with Gasteiger partial charge in [0.05, 0.1) is 6.61 Å². The van der Waals surface area contributed by atoms with Crippen LogP contribution in [0.2, 0.25) is 0 Å². The summed E-state index contributed by atoms with van der Waals surface area (Å²) in [5, 5.41) is 18.0. The molecule has 1 unspecified atom stereocenters. The average molecular weight is 330 g/mol. The molecule has 0 saturated carbocycles. The summed E-state index contributed by atoms with van der Waals surface area (Å²) in [4.78, 5) is 0. The molecule has 1 aromatic rings. The van der Waals surface area contributed by atoms with Crippen LogP contribution in [-0.4, -0.2) is 34.5 Å². The second-order valence-corrected chi connectivity index (χ2v) is 4.37. The minimum absolute atomic E-state index is 0.197. The topological polar surface area (TPSA) is 49.7 Å². The molecule has 22 heavy (non-hydrogen) atoms. The third-order valence-corrected chi connectivity index (χ3v) is 2.82. The molecule has 1 atom stereocenters. The van der Waals surface area contributed by atoms with E-state index in [-0.39, 0.29) is 5.56 Å². The van der Waals surface area contributed by atoms with Gasteiger partial charge in [-0.2, -0.15) is 26.3 Å². The molecule has 9 heteroatoms. The molecular formula is C13H12F6O3. The molecular weight excluding hydrogens is 318 g/mol. The first-order chi connectivity index (χ1) is 9.93. The van der Waals surface area contributed by atoms with Gasteiger partial charge in [-0.15, -0.1) is 0 Å². The van der Waals surface area contributed by atoms with Gasteiger partial charge < -0.3 is 14.9 Å². The Bertz CT molecular complexity index is 509.